The molecule has 1 saturated heterocycles. The second kappa shape index (κ2) is 10.9. The molecule has 2 aliphatic heterocycles. The molecule has 5 unspecified atom stereocenters. The van der Waals surface area contributed by atoms with Crippen LogP contribution in [0.25, 0.3) is 0 Å². The summed E-state index contributed by atoms with van der Waals surface area (Å²) in [5.74, 6) is -3.99. The van der Waals surface area contributed by atoms with E-state index in [1.807, 2.05) is 6.07 Å². The maximum Gasteiger partial charge on any atom is 0.471 e. The number of likely N-dealkylation sites (N-methyl/N-ethyl adjacent to an activating group) is 1. The number of fused-ring (bicyclic) bond motifs is 1. The molecule has 1 aromatic rings. The number of likely N-dealkylation sites (tertiary alicyclic amines) is 1. The van der Waals surface area contributed by atoms with Crippen molar-refractivity contribution in [3.05, 3.63) is 18.3 Å². The van der Waals surface area contributed by atoms with Crippen molar-refractivity contribution in [2.45, 2.75) is 68.6 Å². The lowest BCUT2D eigenvalue weighted by Crippen LogP contribution is -2.60. The molecule has 1 saturated carbocycles. The molecule has 0 bridgehead atoms. The predicted molar refractivity (Wildman–Crippen MR) is 130 cm³/mol. The van der Waals surface area contributed by atoms with Crippen LogP contribution in [0.15, 0.2) is 18.3 Å². The maximum absolute atomic E-state index is 13.9. The summed E-state index contributed by atoms with van der Waals surface area (Å²) in [6.45, 7) is 1.02. The molecule has 2 N–H and O–H groups in total. The fourth-order valence-electron chi connectivity index (χ4n) is 4.90. The summed E-state index contributed by atoms with van der Waals surface area (Å²) in [5, 5.41) is 14.2. The summed E-state index contributed by atoms with van der Waals surface area (Å²) in [4.78, 5) is 58.3. The molecule has 40 heavy (non-hydrogen) atoms. The highest BCUT2D eigenvalue weighted by Gasteiger charge is 2.57. The number of halogens is 3. The lowest BCUT2D eigenvalue weighted by Gasteiger charge is -2.36. The summed E-state index contributed by atoms with van der Waals surface area (Å²) in [7, 11) is 2.42. The molecule has 4 amide bonds. The van der Waals surface area contributed by atoms with Crippen molar-refractivity contribution in [3.8, 4) is 11.8 Å². The van der Waals surface area contributed by atoms with E-state index >= 15 is 0 Å². The number of aromatic nitrogens is 1. The Morgan fingerprint density at radius 1 is 1.40 bits per heavy atom. The van der Waals surface area contributed by atoms with Gasteiger partial charge < -0.3 is 29.9 Å². The molecule has 1 aromatic heterocycles. The van der Waals surface area contributed by atoms with E-state index in [-0.39, 0.29) is 36.9 Å². The Morgan fingerprint density at radius 3 is 2.70 bits per heavy atom. The highest BCUT2D eigenvalue weighted by atomic mass is 19.4. The quantitative estimate of drug-likeness (QED) is 0.472. The van der Waals surface area contributed by atoms with Gasteiger partial charge in [-0.1, -0.05) is 12.8 Å². The summed E-state index contributed by atoms with van der Waals surface area (Å²) >= 11 is 0. The fourth-order valence-corrected chi connectivity index (χ4v) is 4.90. The van der Waals surface area contributed by atoms with Crippen LogP contribution in [0.4, 0.5) is 19.0 Å². The number of nitrogens with zero attached hydrogens (tertiary/aromatic N) is 4. The number of pyridine rings is 1. The van der Waals surface area contributed by atoms with Crippen molar-refractivity contribution in [3.63, 3.8) is 0 Å². The molecule has 5 atom stereocenters. The van der Waals surface area contributed by atoms with Crippen LogP contribution in [0, 0.1) is 17.2 Å². The average Bonchev–Trinajstić information content (AvgIpc) is 3.67. The molecule has 0 radical (unpaired) electrons. The van der Waals surface area contributed by atoms with E-state index in [9.17, 15) is 37.6 Å². The molecule has 4 rings (SSSR count). The summed E-state index contributed by atoms with van der Waals surface area (Å²) in [6, 6.07) is 1.20. The van der Waals surface area contributed by atoms with Crippen molar-refractivity contribution in [1.29, 1.82) is 5.26 Å². The molecule has 1 spiro atoms. The van der Waals surface area contributed by atoms with E-state index in [0.717, 1.165) is 17.7 Å². The first-order valence-electron chi connectivity index (χ1n) is 12.6. The largest absolute Gasteiger partial charge is 0.472 e. The fraction of sp³-hybridized carbons (Fsp3) is 0.600. The number of ether oxygens (including phenoxy) is 2. The van der Waals surface area contributed by atoms with Crippen LogP contribution in [0.1, 0.15) is 32.6 Å². The first kappa shape index (κ1) is 29.1. The first-order valence-corrected chi connectivity index (χ1v) is 12.6. The molecule has 15 heteroatoms. The van der Waals surface area contributed by atoms with Gasteiger partial charge in [0.05, 0.1) is 18.7 Å². The third-order valence-electron chi connectivity index (χ3n) is 7.48. The zero-order chi connectivity index (χ0) is 29.4. The maximum atomic E-state index is 13.9. The number of hydrogen-bond donors (Lipinski definition) is 2. The Hall–Kier alpha value is -3.93. The molecule has 0 aromatic carbocycles. The topological polar surface area (TPSA) is 154 Å². The van der Waals surface area contributed by atoms with Crippen molar-refractivity contribution in [2.24, 2.45) is 5.92 Å². The Kier molecular flexibility index (Phi) is 7.93. The number of hydrogen-bond acceptors (Lipinski definition) is 8. The third-order valence-corrected chi connectivity index (χ3v) is 7.48. The van der Waals surface area contributed by atoms with E-state index < -0.39 is 59.6 Å². The van der Waals surface area contributed by atoms with Gasteiger partial charge in [-0.3, -0.25) is 19.2 Å². The van der Waals surface area contributed by atoms with Gasteiger partial charge in [-0.2, -0.15) is 18.4 Å². The van der Waals surface area contributed by atoms with Crippen LogP contribution >= 0.6 is 0 Å². The van der Waals surface area contributed by atoms with E-state index in [2.05, 4.69) is 10.3 Å². The molecule has 12 nitrogen and oxygen atoms in total. The lowest BCUT2D eigenvalue weighted by atomic mass is 9.97. The van der Waals surface area contributed by atoms with E-state index in [1.165, 1.54) is 32.2 Å². The zero-order valence-corrected chi connectivity index (χ0v) is 22.0. The number of alkyl halides is 3. The molecule has 216 valence electrons. The minimum atomic E-state index is -5.24. The highest BCUT2D eigenvalue weighted by Crippen LogP contribution is 2.40. The van der Waals surface area contributed by atoms with Gasteiger partial charge in [-0.25, -0.2) is 4.98 Å². The van der Waals surface area contributed by atoms with Crippen molar-refractivity contribution in [1.82, 2.24) is 20.1 Å². The molecular weight excluding hydrogens is 537 g/mol. The average molecular weight is 567 g/mol. The number of carbonyl (C=O) groups is 4. The second-order valence-electron chi connectivity index (χ2n) is 10.2. The Labute approximate surface area is 227 Å². The Bertz CT molecular complexity index is 1230. The van der Waals surface area contributed by atoms with E-state index in [0.29, 0.717) is 0 Å². The smallest absolute Gasteiger partial charge is 0.471 e. The minimum absolute atomic E-state index is 0.0801. The molecule has 3 heterocycles. The van der Waals surface area contributed by atoms with E-state index in [4.69, 9.17) is 9.47 Å². The van der Waals surface area contributed by atoms with E-state index in [1.54, 1.807) is 17.4 Å². The standard InChI is InChI=1S/C25H29F3N6O6/c1-13(39-3)18(31-23(38)25(26,27)28)21(36)33(2)16(9-14-6-7-14)20(35)34-12-24(10-15(34)11-29)22(37)32-19-17(40-24)5-4-8-30-19/h4-5,8,13-16,18H,6-7,9-10,12H2,1-3H3,(H,31,38)(H,30,32,37). The van der Waals surface area contributed by atoms with Crippen LogP contribution in [0.3, 0.4) is 0 Å². The Morgan fingerprint density at radius 2 is 2.10 bits per heavy atom. The van der Waals surface area contributed by atoms with Crippen molar-refractivity contribution >= 4 is 29.4 Å². The number of anilines is 1. The molecule has 3 aliphatic rings. The molecular formula is C25H29F3N6O6. The van der Waals surface area contributed by atoms with Crippen LogP contribution in [0.2, 0.25) is 0 Å². The van der Waals surface area contributed by atoms with Crippen LogP contribution in [-0.4, -0.2) is 95.1 Å². The summed E-state index contributed by atoms with van der Waals surface area (Å²) in [5.41, 5.74) is -1.58. The number of carbonyl (C=O) groups excluding carboxylic acids is 4. The molecule has 1 aliphatic carbocycles. The lowest BCUT2D eigenvalue weighted by molar-refractivity contribution is -0.176. The normalized spacial score (nSPS) is 24.2. The Balaban J connectivity index is 1.59. The highest BCUT2D eigenvalue weighted by molar-refractivity contribution is 6.01. The SMILES string of the molecule is COC(C)C(NC(=O)C(F)(F)F)C(=O)N(C)C(CC1CC1)C(=O)N1CC2(CC1C#N)Oc1cccnc1NC2=O. The van der Waals surface area contributed by atoms with Crippen molar-refractivity contribution in [2.75, 3.05) is 26.0 Å². The minimum Gasteiger partial charge on any atom is -0.472 e. The van der Waals surface area contributed by atoms with Gasteiger partial charge in [0.15, 0.2) is 11.6 Å². The molecule has 2 fully saturated rings. The van der Waals surface area contributed by atoms with Gasteiger partial charge in [0.2, 0.25) is 17.4 Å². The number of methoxy groups -OCH3 is 1. The van der Waals surface area contributed by atoms with Gasteiger partial charge in [0.1, 0.15) is 18.1 Å². The van der Waals surface area contributed by atoms with Gasteiger partial charge in [0, 0.05) is 26.8 Å². The van der Waals surface area contributed by atoms with Crippen molar-refractivity contribution < 1.29 is 41.8 Å². The number of amides is 4. The summed E-state index contributed by atoms with van der Waals surface area (Å²) in [6.07, 6.45) is -3.32. The predicted octanol–water partition coefficient (Wildman–Crippen LogP) is 0.985. The van der Waals surface area contributed by atoms with Gasteiger partial charge in [0.25, 0.3) is 5.91 Å². The monoisotopic (exact) mass is 566 g/mol. The van der Waals surface area contributed by atoms with Gasteiger partial charge in [-0.15, -0.1) is 0 Å². The van der Waals surface area contributed by atoms with Gasteiger partial charge in [-0.05, 0) is 31.4 Å². The van der Waals surface area contributed by atoms with Gasteiger partial charge >= 0.3 is 12.1 Å². The number of nitriles is 1. The summed E-state index contributed by atoms with van der Waals surface area (Å²) < 4.78 is 49.9. The number of rotatable bonds is 8. The zero-order valence-electron chi connectivity index (χ0n) is 22.0. The first-order chi connectivity index (χ1) is 18.8. The number of nitrogens with one attached hydrogen (secondary N) is 2. The van der Waals surface area contributed by atoms with Crippen LogP contribution < -0.4 is 15.4 Å². The second-order valence-corrected chi connectivity index (χ2v) is 10.2. The third kappa shape index (κ3) is 5.67. The van der Waals surface area contributed by atoms with Crippen LogP contribution in [-0.2, 0) is 23.9 Å². The van der Waals surface area contributed by atoms with Crippen LogP contribution in [0.5, 0.6) is 5.75 Å².